The first-order chi connectivity index (χ1) is 12.4. The van der Waals surface area contributed by atoms with E-state index < -0.39 is 0 Å². The normalized spacial score (nSPS) is 14.8. The van der Waals surface area contributed by atoms with Gasteiger partial charge in [0.15, 0.2) is 0 Å². The molecule has 2 heteroatoms. The number of hydrogen-bond donors (Lipinski definition) is 1. The lowest BCUT2D eigenvalue weighted by molar-refractivity contribution is 0.309. The lowest BCUT2D eigenvalue weighted by atomic mass is 9.99. The van der Waals surface area contributed by atoms with Crippen molar-refractivity contribution in [1.29, 1.82) is 0 Å². The van der Waals surface area contributed by atoms with Gasteiger partial charge in [0.1, 0.15) is 0 Å². The van der Waals surface area contributed by atoms with Crippen LogP contribution in [0.5, 0.6) is 0 Å². The van der Waals surface area contributed by atoms with Gasteiger partial charge in [0, 0.05) is 48.7 Å². The fourth-order valence-electron chi connectivity index (χ4n) is 3.34. The average molecular weight is 326 g/mol. The van der Waals surface area contributed by atoms with Gasteiger partial charge in [-0.05, 0) is 41.8 Å². The Morgan fingerprint density at radius 3 is 2.80 bits per heavy atom. The summed E-state index contributed by atoms with van der Waals surface area (Å²) >= 11 is 0. The van der Waals surface area contributed by atoms with Crippen molar-refractivity contribution in [3.63, 3.8) is 0 Å². The van der Waals surface area contributed by atoms with Crippen molar-refractivity contribution in [3.05, 3.63) is 78.0 Å². The zero-order valence-corrected chi connectivity index (χ0v) is 14.3. The summed E-state index contributed by atoms with van der Waals surface area (Å²) in [6, 6.07) is 19.1. The number of benzene rings is 2. The third-order valence-electron chi connectivity index (χ3n) is 4.78. The fourth-order valence-corrected chi connectivity index (χ4v) is 3.34. The van der Waals surface area contributed by atoms with Crippen LogP contribution < -0.4 is 0 Å². The van der Waals surface area contributed by atoms with Gasteiger partial charge >= 0.3 is 0 Å². The maximum absolute atomic E-state index is 3.33. The van der Waals surface area contributed by atoms with E-state index in [2.05, 4.69) is 82.4 Å². The Kier molecular flexibility index (Phi) is 4.68. The third kappa shape index (κ3) is 3.84. The van der Waals surface area contributed by atoms with Crippen LogP contribution in [0.4, 0.5) is 0 Å². The molecule has 1 N–H and O–H groups in total. The van der Waals surface area contributed by atoms with Crippen LogP contribution >= 0.6 is 0 Å². The molecule has 3 aromatic rings. The van der Waals surface area contributed by atoms with Crippen LogP contribution in [0.2, 0.25) is 0 Å². The predicted molar refractivity (Wildman–Crippen MR) is 105 cm³/mol. The van der Waals surface area contributed by atoms with Crippen molar-refractivity contribution < 1.29 is 0 Å². The van der Waals surface area contributed by atoms with Crippen molar-refractivity contribution in [2.75, 3.05) is 19.6 Å². The number of fused-ring (bicyclic) bond motifs is 1. The monoisotopic (exact) mass is 326 g/mol. The van der Waals surface area contributed by atoms with Crippen molar-refractivity contribution in [3.8, 4) is 11.8 Å². The highest BCUT2D eigenvalue weighted by atomic mass is 15.1. The summed E-state index contributed by atoms with van der Waals surface area (Å²) < 4.78 is 0. The highest BCUT2D eigenvalue weighted by Gasteiger charge is 2.11. The van der Waals surface area contributed by atoms with Gasteiger partial charge < -0.3 is 4.98 Å². The summed E-state index contributed by atoms with van der Waals surface area (Å²) in [6.07, 6.45) is 6.38. The summed E-state index contributed by atoms with van der Waals surface area (Å²) in [5.41, 5.74) is 5.10. The van der Waals surface area contributed by atoms with Gasteiger partial charge in [-0.2, -0.15) is 0 Å². The smallest absolute Gasteiger partial charge is 0.0454 e. The van der Waals surface area contributed by atoms with Crippen molar-refractivity contribution in [2.45, 2.75) is 12.8 Å². The van der Waals surface area contributed by atoms with Gasteiger partial charge in [0.25, 0.3) is 0 Å². The molecule has 124 valence electrons. The number of H-pyrrole nitrogens is 1. The van der Waals surface area contributed by atoms with Crippen molar-refractivity contribution in [1.82, 2.24) is 9.88 Å². The van der Waals surface area contributed by atoms with E-state index >= 15 is 0 Å². The van der Waals surface area contributed by atoms with Gasteiger partial charge in [-0.15, -0.1) is 0 Å². The zero-order chi connectivity index (χ0) is 16.9. The number of aromatic nitrogens is 1. The standard InChI is InChI=1S/C23H22N2/c1-2-7-20(8-3-1)21-12-16-25(17-13-21)15-5-4-6-19-9-10-23-22(18-19)11-14-24-23/h1-3,7-12,14,18,24H,5,13,15-17H2. The molecule has 0 unspecified atom stereocenters. The third-order valence-corrected chi connectivity index (χ3v) is 4.78. The second-order valence-electron chi connectivity index (χ2n) is 6.48. The SMILES string of the molecule is C(#Cc1ccc2[nH]ccc2c1)CCN1CC=C(c2ccccc2)CC1. The molecule has 0 aliphatic carbocycles. The quantitative estimate of drug-likeness (QED) is 0.691. The Morgan fingerprint density at radius 1 is 1.04 bits per heavy atom. The molecule has 0 amide bonds. The Morgan fingerprint density at radius 2 is 1.96 bits per heavy atom. The molecule has 1 aliphatic rings. The second kappa shape index (κ2) is 7.42. The molecule has 0 spiro atoms. The van der Waals surface area contributed by atoms with Crippen LogP contribution in [0.1, 0.15) is 24.0 Å². The Labute approximate surface area is 149 Å². The lowest BCUT2D eigenvalue weighted by Gasteiger charge is -2.25. The second-order valence-corrected chi connectivity index (χ2v) is 6.48. The lowest BCUT2D eigenvalue weighted by Crippen LogP contribution is -2.29. The van der Waals surface area contributed by atoms with Gasteiger partial charge in [0.2, 0.25) is 0 Å². The van der Waals surface area contributed by atoms with Gasteiger partial charge in [-0.1, -0.05) is 48.2 Å². The van der Waals surface area contributed by atoms with E-state index in [-0.39, 0.29) is 0 Å². The van der Waals surface area contributed by atoms with E-state index in [9.17, 15) is 0 Å². The van der Waals surface area contributed by atoms with Crippen LogP contribution in [-0.2, 0) is 0 Å². The number of rotatable bonds is 3. The van der Waals surface area contributed by atoms with E-state index in [0.29, 0.717) is 0 Å². The summed E-state index contributed by atoms with van der Waals surface area (Å²) in [5.74, 6) is 6.62. The minimum atomic E-state index is 0.916. The molecule has 25 heavy (non-hydrogen) atoms. The maximum Gasteiger partial charge on any atom is 0.0454 e. The Hall–Kier alpha value is -2.76. The van der Waals surface area contributed by atoms with Crippen LogP contribution in [0, 0.1) is 11.8 Å². The summed E-state index contributed by atoms with van der Waals surface area (Å²) in [6.45, 7) is 3.19. The van der Waals surface area contributed by atoms with E-state index in [4.69, 9.17) is 0 Å². The highest BCUT2D eigenvalue weighted by Crippen LogP contribution is 2.21. The van der Waals surface area contributed by atoms with Crippen LogP contribution in [0.15, 0.2) is 66.9 Å². The van der Waals surface area contributed by atoms with E-state index in [1.165, 1.54) is 22.0 Å². The van der Waals surface area contributed by atoms with Gasteiger partial charge in [-0.3, -0.25) is 4.90 Å². The van der Waals surface area contributed by atoms with Gasteiger partial charge in [0.05, 0.1) is 0 Å². The van der Waals surface area contributed by atoms with Crippen molar-refractivity contribution in [2.24, 2.45) is 0 Å². The van der Waals surface area contributed by atoms with E-state index in [1.807, 2.05) is 6.20 Å². The first-order valence-electron chi connectivity index (χ1n) is 8.91. The van der Waals surface area contributed by atoms with Crippen LogP contribution in [0.3, 0.4) is 0 Å². The van der Waals surface area contributed by atoms with Crippen LogP contribution in [0.25, 0.3) is 16.5 Å². The minimum absolute atomic E-state index is 0.916. The summed E-state index contributed by atoms with van der Waals surface area (Å²) in [7, 11) is 0. The highest BCUT2D eigenvalue weighted by molar-refractivity contribution is 5.80. The van der Waals surface area contributed by atoms with E-state index in [0.717, 1.165) is 38.0 Å². The number of nitrogens with zero attached hydrogens (tertiary/aromatic N) is 1. The largest absolute Gasteiger partial charge is 0.361 e. The zero-order valence-electron chi connectivity index (χ0n) is 14.3. The molecule has 0 atom stereocenters. The minimum Gasteiger partial charge on any atom is -0.361 e. The molecule has 2 heterocycles. The molecule has 1 aliphatic heterocycles. The van der Waals surface area contributed by atoms with Crippen LogP contribution in [-0.4, -0.2) is 29.5 Å². The average Bonchev–Trinajstić information content (AvgIpc) is 3.14. The first kappa shape index (κ1) is 15.7. The Bertz CT molecular complexity index is 938. The molecule has 0 radical (unpaired) electrons. The molecule has 0 bridgehead atoms. The molecule has 2 aromatic carbocycles. The maximum atomic E-state index is 3.33. The number of aromatic amines is 1. The summed E-state index contributed by atoms with van der Waals surface area (Å²) in [4.78, 5) is 5.69. The Balaban J connectivity index is 1.30. The molecule has 1 aromatic heterocycles. The predicted octanol–water partition coefficient (Wildman–Crippen LogP) is 4.70. The molecule has 0 saturated carbocycles. The topological polar surface area (TPSA) is 19.0 Å². The fraction of sp³-hybridized carbons (Fsp3) is 0.217. The molecular weight excluding hydrogens is 304 g/mol. The first-order valence-corrected chi connectivity index (χ1v) is 8.91. The molecule has 0 fully saturated rings. The van der Waals surface area contributed by atoms with E-state index in [1.54, 1.807) is 0 Å². The molecule has 0 saturated heterocycles. The molecule has 4 rings (SSSR count). The number of hydrogen-bond acceptors (Lipinski definition) is 1. The molecule has 2 nitrogen and oxygen atoms in total. The number of nitrogens with one attached hydrogen (secondary N) is 1. The molecular formula is C23H22N2. The van der Waals surface area contributed by atoms with Gasteiger partial charge in [-0.25, -0.2) is 0 Å². The van der Waals surface area contributed by atoms with Crippen molar-refractivity contribution >= 4 is 16.5 Å². The summed E-state index contributed by atoms with van der Waals surface area (Å²) in [5, 5.41) is 1.22.